The number of benzene rings is 1. The normalized spacial score (nSPS) is 9.76. The average molecular weight is 343 g/mol. The maximum Gasteiger partial charge on any atom is 0.310 e. The molecule has 0 heterocycles. The molecule has 0 radical (unpaired) electrons. The molecule has 0 bridgehead atoms. The lowest BCUT2D eigenvalue weighted by Crippen LogP contribution is -2.10. The van der Waals surface area contributed by atoms with Crippen LogP contribution in [0.5, 0.6) is 0 Å². The summed E-state index contributed by atoms with van der Waals surface area (Å²) in [6.07, 6.45) is 1.08. The molecule has 17 heavy (non-hydrogen) atoms. The number of esters is 1. The topological polar surface area (TPSA) is 50.1 Å². The quantitative estimate of drug-likeness (QED) is 0.624. The fourth-order valence-electron chi connectivity index (χ4n) is 1.63. The number of hydrogen-bond donors (Lipinski definition) is 0. The lowest BCUT2D eigenvalue weighted by Gasteiger charge is -2.10. The van der Waals surface area contributed by atoms with E-state index < -0.39 is 0 Å². The highest BCUT2D eigenvalue weighted by molar-refractivity contribution is 14.1. The van der Waals surface area contributed by atoms with Gasteiger partial charge in [-0.1, -0.05) is 6.92 Å². The number of nitrogens with zero attached hydrogens (tertiary/aromatic N) is 1. The highest BCUT2D eigenvalue weighted by Gasteiger charge is 2.12. The molecule has 0 atom stereocenters. The van der Waals surface area contributed by atoms with Crippen LogP contribution in [-0.4, -0.2) is 12.6 Å². The van der Waals surface area contributed by atoms with Crippen molar-refractivity contribution in [3.05, 3.63) is 32.4 Å². The number of halogens is 1. The van der Waals surface area contributed by atoms with Crippen LogP contribution < -0.4 is 0 Å². The zero-order chi connectivity index (χ0) is 12.8. The highest BCUT2D eigenvalue weighted by atomic mass is 127. The molecule has 0 aliphatic rings. The fraction of sp³-hybridized carbons (Fsp3) is 0.385. The zero-order valence-electron chi connectivity index (χ0n) is 9.92. The van der Waals surface area contributed by atoms with E-state index in [9.17, 15) is 4.79 Å². The summed E-state index contributed by atoms with van der Waals surface area (Å²) in [5.41, 5.74) is 2.66. The van der Waals surface area contributed by atoms with Crippen LogP contribution in [0.2, 0.25) is 0 Å². The maximum atomic E-state index is 11.5. The van der Waals surface area contributed by atoms with Crippen LogP contribution in [-0.2, 0) is 22.4 Å². The van der Waals surface area contributed by atoms with E-state index in [4.69, 9.17) is 10.00 Å². The molecule has 0 aromatic heterocycles. The van der Waals surface area contributed by atoms with Crippen LogP contribution >= 0.6 is 22.6 Å². The SMILES string of the molecule is CCOC(=O)Cc1c(I)cc(C#N)cc1CC. The molecule has 0 unspecified atom stereocenters. The zero-order valence-corrected chi connectivity index (χ0v) is 12.1. The molecular weight excluding hydrogens is 329 g/mol. The van der Waals surface area contributed by atoms with E-state index in [2.05, 4.69) is 28.7 Å². The minimum atomic E-state index is -0.218. The lowest BCUT2D eigenvalue weighted by atomic mass is 10.00. The predicted molar refractivity (Wildman–Crippen MR) is 73.6 cm³/mol. The van der Waals surface area contributed by atoms with Crippen LogP contribution in [0.4, 0.5) is 0 Å². The third-order valence-corrected chi connectivity index (χ3v) is 3.39. The van der Waals surface area contributed by atoms with Crippen molar-refractivity contribution in [1.82, 2.24) is 0 Å². The van der Waals surface area contributed by atoms with Crippen molar-refractivity contribution in [2.24, 2.45) is 0 Å². The average Bonchev–Trinajstić information content (AvgIpc) is 2.31. The van der Waals surface area contributed by atoms with Gasteiger partial charge in [-0.25, -0.2) is 0 Å². The molecule has 0 amide bonds. The van der Waals surface area contributed by atoms with E-state index in [1.54, 1.807) is 13.0 Å². The Bertz CT molecular complexity index is 463. The van der Waals surface area contributed by atoms with Crippen LogP contribution in [0.25, 0.3) is 0 Å². The molecule has 0 N–H and O–H groups in total. The predicted octanol–water partition coefficient (Wildman–Crippen LogP) is 2.83. The Morgan fingerprint density at radius 2 is 2.18 bits per heavy atom. The Kier molecular flexibility index (Phi) is 5.42. The second kappa shape index (κ2) is 6.60. The molecule has 1 aromatic rings. The molecule has 90 valence electrons. The highest BCUT2D eigenvalue weighted by Crippen LogP contribution is 2.21. The van der Waals surface area contributed by atoms with Gasteiger partial charge >= 0.3 is 5.97 Å². The molecule has 3 nitrogen and oxygen atoms in total. The Balaban J connectivity index is 3.06. The van der Waals surface area contributed by atoms with Gasteiger partial charge in [0.1, 0.15) is 0 Å². The number of hydrogen-bond acceptors (Lipinski definition) is 3. The molecule has 1 aromatic carbocycles. The first-order chi connectivity index (χ1) is 8.12. The van der Waals surface area contributed by atoms with Crippen LogP contribution in [0.15, 0.2) is 12.1 Å². The maximum absolute atomic E-state index is 11.5. The van der Waals surface area contributed by atoms with Gasteiger partial charge in [0.15, 0.2) is 0 Å². The van der Waals surface area contributed by atoms with Crippen molar-refractivity contribution in [3.8, 4) is 6.07 Å². The smallest absolute Gasteiger partial charge is 0.310 e. The van der Waals surface area contributed by atoms with Crippen molar-refractivity contribution >= 4 is 28.6 Å². The Morgan fingerprint density at radius 1 is 1.47 bits per heavy atom. The lowest BCUT2D eigenvalue weighted by molar-refractivity contribution is -0.142. The van der Waals surface area contributed by atoms with Crippen molar-refractivity contribution in [2.75, 3.05) is 6.61 Å². The molecular formula is C13H14INO2. The van der Waals surface area contributed by atoms with Crippen LogP contribution in [0, 0.1) is 14.9 Å². The number of ether oxygens (including phenoxy) is 1. The van der Waals surface area contributed by atoms with E-state index in [0.29, 0.717) is 12.2 Å². The van der Waals surface area contributed by atoms with E-state index in [-0.39, 0.29) is 12.4 Å². The molecule has 0 fully saturated rings. The number of carbonyl (C=O) groups is 1. The number of aryl methyl sites for hydroxylation is 1. The molecule has 0 aliphatic heterocycles. The molecule has 0 aliphatic carbocycles. The third kappa shape index (κ3) is 3.70. The largest absolute Gasteiger partial charge is 0.466 e. The minimum absolute atomic E-state index is 0.218. The molecule has 0 saturated carbocycles. The van der Waals surface area contributed by atoms with E-state index in [0.717, 1.165) is 21.1 Å². The second-order valence-corrected chi connectivity index (χ2v) is 4.71. The van der Waals surface area contributed by atoms with Crippen molar-refractivity contribution < 1.29 is 9.53 Å². The summed E-state index contributed by atoms with van der Waals surface area (Å²) in [4.78, 5) is 11.5. The van der Waals surface area contributed by atoms with Gasteiger partial charge < -0.3 is 4.74 Å². The first-order valence-electron chi connectivity index (χ1n) is 5.49. The van der Waals surface area contributed by atoms with Crippen LogP contribution in [0.1, 0.15) is 30.5 Å². The van der Waals surface area contributed by atoms with Gasteiger partial charge in [0.05, 0.1) is 24.7 Å². The summed E-state index contributed by atoms with van der Waals surface area (Å²) in [6, 6.07) is 5.77. The first kappa shape index (κ1) is 14.0. The van der Waals surface area contributed by atoms with Crippen molar-refractivity contribution in [3.63, 3.8) is 0 Å². The van der Waals surface area contributed by atoms with Gasteiger partial charge in [0, 0.05) is 3.57 Å². The van der Waals surface area contributed by atoms with Gasteiger partial charge in [-0.15, -0.1) is 0 Å². The minimum Gasteiger partial charge on any atom is -0.466 e. The van der Waals surface area contributed by atoms with Crippen molar-refractivity contribution in [1.29, 1.82) is 5.26 Å². The monoisotopic (exact) mass is 343 g/mol. The van der Waals surface area contributed by atoms with Gasteiger partial charge in [-0.3, -0.25) is 4.79 Å². The van der Waals surface area contributed by atoms with Gasteiger partial charge in [0.25, 0.3) is 0 Å². The van der Waals surface area contributed by atoms with E-state index in [1.807, 2.05) is 13.0 Å². The fourth-order valence-corrected chi connectivity index (χ4v) is 2.50. The second-order valence-electron chi connectivity index (χ2n) is 3.54. The van der Waals surface area contributed by atoms with E-state index >= 15 is 0 Å². The summed E-state index contributed by atoms with van der Waals surface area (Å²) in [6.45, 7) is 4.21. The Labute approximate surface area is 115 Å². The number of carbonyl (C=O) groups excluding carboxylic acids is 1. The molecule has 0 spiro atoms. The number of nitriles is 1. The summed E-state index contributed by atoms with van der Waals surface area (Å²) >= 11 is 2.16. The number of rotatable bonds is 4. The van der Waals surface area contributed by atoms with Gasteiger partial charge in [-0.05, 0) is 59.2 Å². The van der Waals surface area contributed by atoms with Crippen molar-refractivity contribution in [2.45, 2.75) is 26.7 Å². The Morgan fingerprint density at radius 3 is 2.71 bits per heavy atom. The summed E-state index contributed by atoms with van der Waals surface area (Å²) < 4.78 is 5.90. The Hall–Kier alpha value is -1.09. The summed E-state index contributed by atoms with van der Waals surface area (Å²) in [5, 5.41) is 8.89. The molecule has 0 saturated heterocycles. The molecule has 1 rings (SSSR count). The summed E-state index contributed by atoms with van der Waals surface area (Å²) in [5.74, 6) is -0.218. The molecule has 4 heteroatoms. The van der Waals surface area contributed by atoms with Gasteiger partial charge in [-0.2, -0.15) is 5.26 Å². The van der Waals surface area contributed by atoms with Crippen LogP contribution in [0.3, 0.4) is 0 Å². The standard InChI is InChI=1S/C13H14INO2/c1-3-10-5-9(8-15)6-12(14)11(10)7-13(16)17-4-2/h5-6H,3-4,7H2,1-2H3. The van der Waals surface area contributed by atoms with E-state index in [1.165, 1.54) is 0 Å². The third-order valence-electron chi connectivity index (χ3n) is 2.42. The van der Waals surface area contributed by atoms with Gasteiger partial charge in [0.2, 0.25) is 0 Å². The summed E-state index contributed by atoms with van der Waals surface area (Å²) in [7, 11) is 0. The first-order valence-corrected chi connectivity index (χ1v) is 6.57.